The highest BCUT2D eigenvalue weighted by molar-refractivity contribution is 5.94. The number of pyridine rings is 1. The third-order valence-electron chi connectivity index (χ3n) is 3.86. The quantitative estimate of drug-likeness (QED) is 0.788. The molecule has 0 aliphatic heterocycles. The predicted octanol–water partition coefficient (Wildman–Crippen LogP) is 3.16. The average Bonchev–Trinajstić information content (AvgIpc) is 2.43. The van der Waals surface area contributed by atoms with Crippen molar-refractivity contribution in [1.29, 1.82) is 0 Å². The highest BCUT2D eigenvalue weighted by atomic mass is 16.5. The lowest BCUT2D eigenvalue weighted by molar-refractivity contribution is 0.0347. The largest absolute Gasteiger partial charge is 0.478 e. The van der Waals surface area contributed by atoms with E-state index in [1.54, 1.807) is 13.0 Å². The van der Waals surface area contributed by atoms with Crippen LogP contribution in [-0.4, -0.2) is 35.3 Å². The van der Waals surface area contributed by atoms with Crippen molar-refractivity contribution >= 4 is 11.8 Å². The van der Waals surface area contributed by atoms with E-state index in [1.807, 2.05) is 6.92 Å². The van der Waals surface area contributed by atoms with E-state index in [2.05, 4.69) is 10.3 Å². The first-order valence-corrected chi connectivity index (χ1v) is 7.65. The average molecular weight is 292 g/mol. The van der Waals surface area contributed by atoms with E-state index in [-0.39, 0.29) is 5.56 Å². The van der Waals surface area contributed by atoms with E-state index in [0.29, 0.717) is 25.1 Å². The minimum Gasteiger partial charge on any atom is -0.478 e. The number of hydrogen-bond donors (Lipinski definition) is 2. The molecule has 0 atom stereocenters. The Labute approximate surface area is 125 Å². The van der Waals surface area contributed by atoms with Crippen LogP contribution in [0.5, 0.6) is 0 Å². The normalized spacial score (nSPS) is 15.9. The Balaban J connectivity index is 1.88. The molecule has 0 unspecified atom stereocenters. The summed E-state index contributed by atoms with van der Waals surface area (Å²) in [6.07, 6.45) is 6.46. The molecule has 1 aromatic rings. The van der Waals surface area contributed by atoms with Gasteiger partial charge in [0.25, 0.3) is 0 Å². The van der Waals surface area contributed by atoms with Crippen LogP contribution in [0.4, 0.5) is 5.82 Å². The molecule has 21 heavy (non-hydrogen) atoms. The van der Waals surface area contributed by atoms with Gasteiger partial charge in [0.05, 0.1) is 12.7 Å². The maximum absolute atomic E-state index is 11.3. The van der Waals surface area contributed by atoms with E-state index < -0.39 is 5.97 Å². The van der Waals surface area contributed by atoms with E-state index in [9.17, 15) is 9.90 Å². The Kier molecular flexibility index (Phi) is 5.56. The van der Waals surface area contributed by atoms with Gasteiger partial charge >= 0.3 is 5.97 Å². The van der Waals surface area contributed by atoms with Gasteiger partial charge in [-0.25, -0.2) is 9.78 Å². The smallest absolute Gasteiger partial charge is 0.339 e. The number of anilines is 1. The first-order valence-electron chi connectivity index (χ1n) is 7.65. The number of nitrogens with zero attached hydrogens (tertiary/aromatic N) is 1. The number of aromatic nitrogens is 1. The molecule has 5 heteroatoms. The summed E-state index contributed by atoms with van der Waals surface area (Å²) in [5.74, 6) is -0.511. The van der Waals surface area contributed by atoms with Gasteiger partial charge in [-0.2, -0.15) is 0 Å². The Morgan fingerprint density at radius 3 is 2.76 bits per heavy atom. The molecule has 5 nitrogen and oxygen atoms in total. The first-order chi connectivity index (χ1) is 10.1. The van der Waals surface area contributed by atoms with Crippen molar-refractivity contribution in [3.8, 4) is 0 Å². The van der Waals surface area contributed by atoms with Gasteiger partial charge < -0.3 is 15.2 Å². The number of nitrogens with one attached hydrogen (secondary N) is 1. The lowest BCUT2D eigenvalue weighted by Gasteiger charge is -2.22. The second kappa shape index (κ2) is 7.41. The molecule has 0 bridgehead atoms. The van der Waals surface area contributed by atoms with E-state index in [1.165, 1.54) is 19.3 Å². The molecule has 1 fully saturated rings. The SMILES string of the molecule is Cc1cc(C)c(C(=O)O)c(NCCOC2CCCCC2)n1. The molecule has 0 amide bonds. The van der Waals surface area contributed by atoms with Gasteiger partial charge in [-0.15, -0.1) is 0 Å². The summed E-state index contributed by atoms with van der Waals surface area (Å²) in [6, 6.07) is 1.78. The molecule has 1 aliphatic carbocycles. The lowest BCUT2D eigenvalue weighted by Crippen LogP contribution is -2.21. The summed E-state index contributed by atoms with van der Waals surface area (Å²) in [6.45, 7) is 4.81. The van der Waals surface area contributed by atoms with Gasteiger partial charge in [-0.1, -0.05) is 19.3 Å². The Bertz CT molecular complexity index is 497. The number of ether oxygens (including phenoxy) is 1. The maximum atomic E-state index is 11.3. The zero-order chi connectivity index (χ0) is 15.2. The molecular formula is C16H24N2O3. The third kappa shape index (κ3) is 4.43. The molecule has 1 saturated carbocycles. The van der Waals surface area contributed by atoms with Crippen LogP contribution in [0.2, 0.25) is 0 Å². The first kappa shape index (κ1) is 15.8. The van der Waals surface area contributed by atoms with Gasteiger partial charge in [-0.05, 0) is 38.3 Å². The fourth-order valence-corrected chi connectivity index (χ4v) is 2.86. The summed E-state index contributed by atoms with van der Waals surface area (Å²) in [7, 11) is 0. The highest BCUT2D eigenvalue weighted by Gasteiger charge is 2.16. The number of hydrogen-bond acceptors (Lipinski definition) is 4. The van der Waals surface area contributed by atoms with Gasteiger partial charge in [0.2, 0.25) is 0 Å². The van der Waals surface area contributed by atoms with E-state index >= 15 is 0 Å². The summed E-state index contributed by atoms with van der Waals surface area (Å²) in [5.41, 5.74) is 1.79. The number of rotatable bonds is 6. The zero-order valence-electron chi connectivity index (χ0n) is 12.8. The van der Waals surface area contributed by atoms with Crippen LogP contribution in [0.3, 0.4) is 0 Å². The second-order valence-corrected chi connectivity index (χ2v) is 5.67. The fourth-order valence-electron chi connectivity index (χ4n) is 2.86. The molecular weight excluding hydrogens is 268 g/mol. The van der Waals surface area contributed by atoms with Crippen LogP contribution in [0, 0.1) is 13.8 Å². The Morgan fingerprint density at radius 2 is 2.10 bits per heavy atom. The Hall–Kier alpha value is -1.62. The lowest BCUT2D eigenvalue weighted by atomic mass is 9.98. The van der Waals surface area contributed by atoms with Crippen molar-refractivity contribution in [2.24, 2.45) is 0 Å². The Morgan fingerprint density at radius 1 is 1.38 bits per heavy atom. The zero-order valence-corrected chi connectivity index (χ0v) is 12.8. The van der Waals surface area contributed by atoms with Crippen molar-refractivity contribution < 1.29 is 14.6 Å². The molecule has 2 rings (SSSR count). The summed E-state index contributed by atoms with van der Waals surface area (Å²) in [5, 5.41) is 12.4. The highest BCUT2D eigenvalue weighted by Crippen LogP contribution is 2.21. The molecule has 2 N–H and O–H groups in total. The van der Waals surface area contributed by atoms with Crippen LogP contribution in [0.25, 0.3) is 0 Å². The van der Waals surface area contributed by atoms with Gasteiger partial charge in [0, 0.05) is 12.2 Å². The second-order valence-electron chi connectivity index (χ2n) is 5.67. The minimum absolute atomic E-state index is 0.248. The molecule has 0 saturated heterocycles. The topological polar surface area (TPSA) is 71.5 Å². The minimum atomic E-state index is -0.948. The summed E-state index contributed by atoms with van der Waals surface area (Å²) < 4.78 is 5.83. The number of carboxylic acid groups (broad SMARTS) is 1. The number of aryl methyl sites for hydroxylation is 2. The molecule has 1 aliphatic rings. The predicted molar refractivity (Wildman–Crippen MR) is 82.0 cm³/mol. The number of aromatic carboxylic acids is 1. The summed E-state index contributed by atoms with van der Waals surface area (Å²) in [4.78, 5) is 15.6. The molecule has 1 heterocycles. The third-order valence-corrected chi connectivity index (χ3v) is 3.86. The number of carboxylic acids is 1. The monoisotopic (exact) mass is 292 g/mol. The van der Waals surface area contributed by atoms with Crippen LogP contribution in [0.15, 0.2) is 6.07 Å². The molecule has 0 aromatic carbocycles. The summed E-state index contributed by atoms with van der Waals surface area (Å²) >= 11 is 0. The van der Waals surface area contributed by atoms with Crippen LogP contribution >= 0.6 is 0 Å². The van der Waals surface area contributed by atoms with Crippen molar-refractivity contribution in [1.82, 2.24) is 4.98 Å². The van der Waals surface area contributed by atoms with Crippen molar-refractivity contribution in [2.45, 2.75) is 52.1 Å². The fraction of sp³-hybridized carbons (Fsp3) is 0.625. The maximum Gasteiger partial charge on any atom is 0.339 e. The van der Waals surface area contributed by atoms with E-state index in [0.717, 1.165) is 24.1 Å². The number of carbonyl (C=O) groups is 1. The molecule has 116 valence electrons. The van der Waals surface area contributed by atoms with Gasteiger partial charge in [0.15, 0.2) is 0 Å². The standard InChI is InChI=1S/C16H24N2O3/c1-11-10-12(2)18-15(14(11)16(19)20)17-8-9-21-13-6-4-3-5-7-13/h10,13H,3-9H2,1-2H3,(H,17,18)(H,19,20). The van der Waals surface area contributed by atoms with Crippen LogP contribution in [0.1, 0.15) is 53.7 Å². The van der Waals surface area contributed by atoms with E-state index in [4.69, 9.17) is 4.74 Å². The van der Waals surface area contributed by atoms with Gasteiger partial charge in [-0.3, -0.25) is 0 Å². The van der Waals surface area contributed by atoms with Crippen LogP contribution in [-0.2, 0) is 4.74 Å². The molecule has 0 radical (unpaired) electrons. The molecule has 0 spiro atoms. The van der Waals surface area contributed by atoms with Gasteiger partial charge in [0.1, 0.15) is 11.4 Å². The molecule has 1 aromatic heterocycles. The van der Waals surface area contributed by atoms with Crippen molar-refractivity contribution in [3.05, 3.63) is 22.9 Å². The van der Waals surface area contributed by atoms with Crippen molar-refractivity contribution in [2.75, 3.05) is 18.5 Å². The van der Waals surface area contributed by atoms with Crippen molar-refractivity contribution in [3.63, 3.8) is 0 Å². The van der Waals surface area contributed by atoms with Crippen LogP contribution < -0.4 is 5.32 Å².